The SMILES string of the molecule is c1ccc(C2C(c3ccncc3)C(c3ccccc3)C2c2ccncc2)cc1. The van der Waals surface area contributed by atoms with Gasteiger partial charge >= 0.3 is 0 Å². The molecule has 0 bridgehead atoms. The second kappa shape index (κ2) is 7.40. The summed E-state index contributed by atoms with van der Waals surface area (Å²) in [6, 6.07) is 30.6. The molecule has 1 aliphatic carbocycles. The van der Waals surface area contributed by atoms with E-state index in [1.165, 1.54) is 22.3 Å². The minimum atomic E-state index is 0.422. The van der Waals surface area contributed by atoms with Crippen molar-refractivity contribution in [3.63, 3.8) is 0 Å². The van der Waals surface area contributed by atoms with E-state index in [9.17, 15) is 0 Å². The highest BCUT2D eigenvalue weighted by atomic mass is 14.6. The summed E-state index contributed by atoms with van der Waals surface area (Å²) in [6.45, 7) is 0. The second-order valence-corrected chi connectivity index (χ2v) is 7.49. The highest BCUT2D eigenvalue weighted by Crippen LogP contribution is 2.66. The number of aromatic nitrogens is 2. The zero-order chi connectivity index (χ0) is 18.8. The molecule has 136 valence electrons. The average Bonchev–Trinajstić information content (AvgIpc) is 2.76. The van der Waals surface area contributed by atoms with Gasteiger partial charge in [-0.2, -0.15) is 0 Å². The van der Waals surface area contributed by atoms with Crippen LogP contribution in [0.3, 0.4) is 0 Å². The number of benzene rings is 2. The van der Waals surface area contributed by atoms with Gasteiger partial charge in [-0.05, 0) is 70.2 Å². The van der Waals surface area contributed by atoms with Gasteiger partial charge in [0, 0.05) is 24.8 Å². The van der Waals surface area contributed by atoms with Crippen LogP contribution in [0.25, 0.3) is 0 Å². The Labute approximate surface area is 165 Å². The third kappa shape index (κ3) is 2.91. The summed E-state index contributed by atoms with van der Waals surface area (Å²) in [7, 11) is 0. The lowest BCUT2D eigenvalue weighted by molar-refractivity contribution is 0.228. The van der Waals surface area contributed by atoms with E-state index in [1.54, 1.807) is 0 Å². The molecule has 2 nitrogen and oxygen atoms in total. The standard InChI is InChI=1S/C26H22N2/c1-3-7-19(8-4-1)23-25(21-11-15-27-16-12-21)24(20-9-5-2-6-10-20)26(23)22-13-17-28-18-14-22/h1-18,23-26H. The van der Waals surface area contributed by atoms with Gasteiger partial charge in [-0.15, -0.1) is 0 Å². The average molecular weight is 362 g/mol. The van der Waals surface area contributed by atoms with Crippen LogP contribution in [0.1, 0.15) is 45.9 Å². The molecule has 0 aliphatic heterocycles. The maximum atomic E-state index is 4.25. The summed E-state index contributed by atoms with van der Waals surface area (Å²) in [6.07, 6.45) is 7.66. The van der Waals surface area contributed by atoms with Crippen molar-refractivity contribution in [2.75, 3.05) is 0 Å². The Hall–Kier alpha value is -3.26. The van der Waals surface area contributed by atoms with E-state index in [4.69, 9.17) is 0 Å². The molecular weight excluding hydrogens is 340 g/mol. The highest BCUT2D eigenvalue weighted by molar-refractivity contribution is 5.47. The summed E-state index contributed by atoms with van der Waals surface area (Å²) < 4.78 is 0. The molecule has 0 radical (unpaired) electrons. The van der Waals surface area contributed by atoms with Crippen LogP contribution in [0.4, 0.5) is 0 Å². The van der Waals surface area contributed by atoms with Gasteiger partial charge in [0.25, 0.3) is 0 Å². The van der Waals surface area contributed by atoms with Gasteiger partial charge in [0.15, 0.2) is 0 Å². The molecule has 28 heavy (non-hydrogen) atoms. The molecule has 1 fully saturated rings. The first-order valence-corrected chi connectivity index (χ1v) is 9.83. The van der Waals surface area contributed by atoms with E-state index in [2.05, 4.69) is 94.9 Å². The van der Waals surface area contributed by atoms with Gasteiger partial charge < -0.3 is 0 Å². The third-order valence-corrected chi connectivity index (χ3v) is 6.10. The quantitative estimate of drug-likeness (QED) is 0.450. The smallest absolute Gasteiger partial charge is 0.0270 e. The van der Waals surface area contributed by atoms with Crippen molar-refractivity contribution in [3.8, 4) is 0 Å². The van der Waals surface area contributed by atoms with Crippen molar-refractivity contribution >= 4 is 0 Å². The first-order valence-electron chi connectivity index (χ1n) is 9.83. The molecule has 5 rings (SSSR count). The van der Waals surface area contributed by atoms with Crippen molar-refractivity contribution in [1.82, 2.24) is 9.97 Å². The van der Waals surface area contributed by atoms with Gasteiger partial charge in [-0.25, -0.2) is 0 Å². The Bertz CT molecular complexity index is 835. The number of pyridine rings is 2. The van der Waals surface area contributed by atoms with Gasteiger partial charge in [0.05, 0.1) is 0 Å². The number of hydrogen-bond acceptors (Lipinski definition) is 2. The lowest BCUT2D eigenvalue weighted by Gasteiger charge is -2.53. The molecule has 0 amide bonds. The Morgan fingerprint density at radius 2 is 0.643 bits per heavy atom. The zero-order valence-electron chi connectivity index (χ0n) is 15.6. The van der Waals surface area contributed by atoms with Gasteiger partial charge in [-0.1, -0.05) is 60.7 Å². The summed E-state index contributed by atoms with van der Waals surface area (Å²) in [4.78, 5) is 8.50. The van der Waals surface area contributed by atoms with Crippen molar-refractivity contribution < 1.29 is 0 Å². The molecule has 1 saturated carbocycles. The van der Waals surface area contributed by atoms with E-state index >= 15 is 0 Å². The third-order valence-electron chi connectivity index (χ3n) is 6.10. The lowest BCUT2D eigenvalue weighted by atomic mass is 9.49. The van der Waals surface area contributed by atoms with Crippen LogP contribution in [0, 0.1) is 0 Å². The fourth-order valence-corrected chi connectivity index (χ4v) is 4.93. The minimum Gasteiger partial charge on any atom is -0.265 e. The summed E-state index contributed by atoms with van der Waals surface area (Å²) in [5, 5.41) is 0. The minimum absolute atomic E-state index is 0.422. The molecule has 0 atom stereocenters. The molecule has 2 aromatic carbocycles. The van der Waals surface area contributed by atoms with E-state index in [1.807, 2.05) is 24.8 Å². The molecule has 0 saturated heterocycles. The fraction of sp³-hybridized carbons (Fsp3) is 0.154. The Kier molecular flexibility index (Phi) is 4.46. The predicted molar refractivity (Wildman–Crippen MR) is 112 cm³/mol. The molecule has 1 aliphatic rings. The molecule has 2 heteroatoms. The summed E-state index contributed by atoms with van der Waals surface area (Å²) in [5.74, 6) is 1.70. The summed E-state index contributed by atoms with van der Waals surface area (Å²) >= 11 is 0. The topological polar surface area (TPSA) is 25.8 Å². The van der Waals surface area contributed by atoms with E-state index < -0.39 is 0 Å². The molecular formula is C26H22N2. The highest BCUT2D eigenvalue weighted by Gasteiger charge is 2.52. The van der Waals surface area contributed by atoms with Crippen molar-refractivity contribution in [1.29, 1.82) is 0 Å². The Morgan fingerprint density at radius 3 is 0.964 bits per heavy atom. The van der Waals surface area contributed by atoms with E-state index in [-0.39, 0.29) is 0 Å². The lowest BCUT2D eigenvalue weighted by Crippen LogP contribution is -2.40. The first-order chi connectivity index (χ1) is 13.9. The second-order valence-electron chi connectivity index (χ2n) is 7.49. The maximum Gasteiger partial charge on any atom is 0.0270 e. The molecule has 0 unspecified atom stereocenters. The molecule has 4 aromatic rings. The number of nitrogens with zero attached hydrogens (tertiary/aromatic N) is 2. The normalized spacial score (nSPS) is 23.7. The maximum absolute atomic E-state index is 4.25. The number of rotatable bonds is 4. The van der Waals surface area contributed by atoms with Gasteiger partial charge in [0.1, 0.15) is 0 Å². The first kappa shape index (κ1) is 16.9. The largest absolute Gasteiger partial charge is 0.265 e. The van der Waals surface area contributed by atoms with Crippen LogP contribution in [0.2, 0.25) is 0 Å². The molecule has 0 spiro atoms. The van der Waals surface area contributed by atoms with Crippen molar-refractivity contribution in [3.05, 3.63) is 132 Å². The van der Waals surface area contributed by atoms with E-state index in [0.29, 0.717) is 23.7 Å². The van der Waals surface area contributed by atoms with Gasteiger partial charge in [-0.3, -0.25) is 9.97 Å². The van der Waals surface area contributed by atoms with E-state index in [0.717, 1.165) is 0 Å². The molecule has 0 N–H and O–H groups in total. The van der Waals surface area contributed by atoms with Crippen molar-refractivity contribution in [2.45, 2.75) is 23.7 Å². The Morgan fingerprint density at radius 1 is 0.357 bits per heavy atom. The fourth-order valence-electron chi connectivity index (χ4n) is 4.93. The van der Waals surface area contributed by atoms with Crippen LogP contribution in [-0.2, 0) is 0 Å². The van der Waals surface area contributed by atoms with Crippen LogP contribution >= 0.6 is 0 Å². The van der Waals surface area contributed by atoms with Crippen LogP contribution < -0.4 is 0 Å². The van der Waals surface area contributed by atoms with Crippen molar-refractivity contribution in [2.24, 2.45) is 0 Å². The molecule has 2 aromatic heterocycles. The monoisotopic (exact) mass is 362 g/mol. The van der Waals surface area contributed by atoms with Gasteiger partial charge in [0.2, 0.25) is 0 Å². The zero-order valence-corrected chi connectivity index (χ0v) is 15.6. The predicted octanol–water partition coefficient (Wildman–Crippen LogP) is 5.93. The molecule has 2 heterocycles. The van der Waals surface area contributed by atoms with Crippen LogP contribution in [0.15, 0.2) is 110 Å². The Balaban J connectivity index is 1.67. The number of hydrogen-bond donors (Lipinski definition) is 0. The summed E-state index contributed by atoms with van der Waals surface area (Å²) in [5.41, 5.74) is 5.53. The van der Waals surface area contributed by atoms with Crippen LogP contribution in [-0.4, -0.2) is 9.97 Å². The van der Waals surface area contributed by atoms with Crippen LogP contribution in [0.5, 0.6) is 0 Å².